The molecule has 2 N–H and O–H groups in total. The zero-order valence-electron chi connectivity index (χ0n) is 9.77. The Labute approximate surface area is 104 Å². The van der Waals surface area contributed by atoms with Gasteiger partial charge in [-0.05, 0) is 37.3 Å². The third-order valence-electron chi connectivity index (χ3n) is 2.52. The summed E-state index contributed by atoms with van der Waals surface area (Å²) in [6.07, 6.45) is 0. The molecule has 92 valence electrons. The molecule has 0 spiro atoms. The Kier molecular flexibility index (Phi) is 3.28. The first-order chi connectivity index (χ1) is 8.56. The Hall–Kier alpha value is -2.36. The van der Waals surface area contributed by atoms with Gasteiger partial charge in [0.1, 0.15) is 0 Å². The highest BCUT2D eigenvalue weighted by Gasteiger charge is 2.09. The maximum atomic E-state index is 13.1. The summed E-state index contributed by atoms with van der Waals surface area (Å²) < 4.78 is 13.1. The lowest BCUT2D eigenvalue weighted by Crippen LogP contribution is -2.11. The number of carbonyl (C=O) groups is 1. The fourth-order valence-corrected chi connectivity index (χ4v) is 1.49. The Morgan fingerprint density at radius 3 is 2.44 bits per heavy atom. The lowest BCUT2D eigenvalue weighted by atomic mass is 10.2. The number of nitrogens with one attached hydrogen (secondary N) is 1. The van der Waals surface area contributed by atoms with Gasteiger partial charge in [-0.3, -0.25) is 4.79 Å². The second kappa shape index (κ2) is 4.87. The minimum Gasteiger partial charge on any atom is -0.505 e. The van der Waals surface area contributed by atoms with E-state index in [0.717, 1.165) is 17.7 Å². The SMILES string of the molecule is Cc1ccc(NC(=O)c2ccc(O)c(F)c2)cc1. The lowest BCUT2D eigenvalue weighted by Gasteiger charge is -2.06. The first kappa shape index (κ1) is 12.1. The maximum absolute atomic E-state index is 13.1. The summed E-state index contributed by atoms with van der Waals surface area (Å²) in [6.45, 7) is 1.95. The predicted octanol–water partition coefficient (Wildman–Crippen LogP) is 3.09. The molecular weight excluding hydrogens is 233 g/mol. The molecule has 2 aromatic rings. The van der Waals surface area contributed by atoms with Gasteiger partial charge < -0.3 is 10.4 Å². The third-order valence-corrected chi connectivity index (χ3v) is 2.52. The quantitative estimate of drug-likeness (QED) is 0.854. The van der Waals surface area contributed by atoms with Crippen molar-refractivity contribution in [2.45, 2.75) is 6.92 Å². The molecule has 2 aromatic carbocycles. The van der Waals surface area contributed by atoms with Crippen LogP contribution in [-0.2, 0) is 0 Å². The zero-order valence-corrected chi connectivity index (χ0v) is 9.77. The number of halogens is 1. The van der Waals surface area contributed by atoms with E-state index in [0.29, 0.717) is 5.69 Å². The molecule has 0 saturated heterocycles. The number of amides is 1. The maximum Gasteiger partial charge on any atom is 0.255 e. The normalized spacial score (nSPS) is 10.1. The first-order valence-electron chi connectivity index (χ1n) is 5.43. The van der Waals surface area contributed by atoms with Crippen LogP contribution in [0, 0.1) is 12.7 Å². The second-order valence-electron chi connectivity index (χ2n) is 3.99. The van der Waals surface area contributed by atoms with Gasteiger partial charge in [-0.1, -0.05) is 17.7 Å². The Morgan fingerprint density at radius 1 is 1.17 bits per heavy atom. The second-order valence-corrected chi connectivity index (χ2v) is 3.99. The van der Waals surface area contributed by atoms with E-state index in [9.17, 15) is 9.18 Å². The summed E-state index contributed by atoms with van der Waals surface area (Å²) in [5.41, 5.74) is 1.88. The molecule has 2 rings (SSSR count). The van der Waals surface area contributed by atoms with Gasteiger partial charge in [-0.25, -0.2) is 4.39 Å². The average Bonchev–Trinajstić information content (AvgIpc) is 2.35. The number of anilines is 1. The van der Waals surface area contributed by atoms with Crippen LogP contribution in [0.2, 0.25) is 0 Å². The molecule has 0 aromatic heterocycles. The number of aromatic hydroxyl groups is 1. The van der Waals surface area contributed by atoms with Crippen LogP contribution in [0.5, 0.6) is 5.75 Å². The van der Waals surface area contributed by atoms with Crippen molar-refractivity contribution < 1.29 is 14.3 Å². The van der Waals surface area contributed by atoms with Gasteiger partial charge in [-0.2, -0.15) is 0 Å². The summed E-state index contributed by atoms with van der Waals surface area (Å²) in [7, 11) is 0. The molecule has 3 nitrogen and oxygen atoms in total. The molecule has 0 heterocycles. The Morgan fingerprint density at radius 2 is 1.83 bits per heavy atom. The van der Waals surface area contributed by atoms with Crippen molar-refractivity contribution in [3.05, 3.63) is 59.4 Å². The van der Waals surface area contributed by atoms with E-state index in [2.05, 4.69) is 5.32 Å². The van der Waals surface area contributed by atoms with E-state index in [1.54, 1.807) is 12.1 Å². The molecular formula is C14H12FNO2. The number of phenolic OH excluding ortho intramolecular Hbond substituents is 1. The molecule has 0 bridgehead atoms. The van der Waals surface area contributed by atoms with Crippen LogP contribution < -0.4 is 5.32 Å². The number of aryl methyl sites for hydroxylation is 1. The molecule has 0 aliphatic rings. The third kappa shape index (κ3) is 2.66. The van der Waals surface area contributed by atoms with Crippen LogP contribution in [0.4, 0.5) is 10.1 Å². The molecule has 0 aliphatic carbocycles. The van der Waals surface area contributed by atoms with Crippen molar-refractivity contribution in [3.63, 3.8) is 0 Å². The lowest BCUT2D eigenvalue weighted by molar-refractivity contribution is 0.102. The van der Waals surface area contributed by atoms with E-state index in [4.69, 9.17) is 5.11 Å². The molecule has 18 heavy (non-hydrogen) atoms. The van der Waals surface area contributed by atoms with Crippen molar-refractivity contribution in [2.24, 2.45) is 0 Å². The van der Waals surface area contributed by atoms with Gasteiger partial charge in [-0.15, -0.1) is 0 Å². The highest BCUT2D eigenvalue weighted by atomic mass is 19.1. The van der Waals surface area contributed by atoms with Crippen molar-refractivity contribution in [1.29, 1.82) is 0 Å². The van der Waals surface area contributed by atoms with Crippen LogP contribution in [0.3, 0.4) is 0 Å². The molecule has 1 amide bonds. The first-order valence-corrected chi connectivity index (χ1v) is 5.43. The minimum absolute atomic E-state index is 0.158. The van der Waals surface area contributed by atoms with Crippen LogP contribution in [0.15, 0.2) is 42.5 Å². The standard InChI is InChI=1S/C14H12FNO2/c1-9-2-5-11(6-3-9)16-14(18)10-4-7-13(17)12(15)8-10/h2-8,17H,1H3,(H,16,18). The molecule has 0 atom stereocenters. The summed E-state index contributed by atoms with van der Waals surface area (Å²) in [5.74, 6) is -1.70. The van der Waals surface area contributed by atoms with Gasteiger partial charge in [0.2, 0.25) is 0 Å². The van der Waals surface area contributed by atoms with Gasteiger partial charge in [0.25, 0.3) is 5.91 Å². The summed E-state index contributed by atoms with van der Waals surface area (Å²) in [4.78, 5) is 11.8. The molecule has 4 heteroatoms. The predicted molar refractivity (Wildman–Crippen MR) is 67.2 cm³/mol. The molecule has 0 aliphatic heterocycles. The fraction of sp³-hybridized carbons (Fsp3) is 0.0714. The van der Waals surface area contributed by atoms with Crippen molar-refractivity contribution in [3.8, 4) is 5.75 Å². The van der Waals surface area contributed by atoms with Crippen LogP contribution >= 0.6 is 0 Å². The van der Waals surface area contributed by atoms with E-state index >= 15 is 0 Å². The van der Waals surface area contributed by atoms with E-state index in [1.807, 2.05) is 19.1 Å². The molecule has 0 radical (unpaired) electrons. The number of rotatable bonds is 2. The van der Waals surface area contributed by atoms with Gasteiger partial charge in [0.15, 0.2) is 11.6 Å². The zero-order chi connectivity index (χ0) is 13.1. The number of hydrogen-bond donors (Lipinski definition) is 2. The Balaban J connectivity index is 2.16. The minimum atomic E-state index is -0.813. The summed E-state index contributed by atoms with van der Waals surface area (Å²) in [5, 5.41) is 11.7. The smallest absolute Gasteiger partial charge is 0.255 e. The van der Waals surface area contributed by atoms with E-state index < -0.39 is 17.5 Å². The Bertz CT molecular complexity index is 579. The summed E-state index contributed by atoms with van der Waals surface area (Å²) >= 11 is 0. The molecule has 0 unspecified atom stereocenters. The average molecular weight is 245 g/mol. The molecule has 0 saturated carbocycles. The van der Waals surface area contributed by atoms with E-state index in [1.165, 1.54) is 6.07 Å². The van der Waals surface area contributed by atoms with Gasteiger partial charge >= 0.3 is 0 Å². The fourth-order valence-electron chi connectivity index (χ4n) is 1.49. The van der Waals surface area contributed by atoms with E-state index in [-0.39, 0.29) is 5.56 Å². The van der Waals surface area contributed by atoms with Gasteiger partial charge in [0.05, 0.1) is 0 Å². The monoisotopic (exact) mass is 245 g/mol. The number of phenols is 1. The van der Waals surface area contributed by atoms with Crippen molar-refractivity contribution in [2.75, 3.05) is 5.32 Å². The highest BCUT2D eigenvalue weighted by molar-refractivity contribution is 6.04. The topological polar surface area (TPSA) is 49.3 Å². The molecule has 0 fully saturated rings. The van der Waals surface area contributed by atoms with Crippen LogP contribution in [0.1, 0.15) is 15.9 Å². The largest absolute Gasteiger partial charge is 0.505 e. The highest BCUT2D eigenvalue weighted by Crippen LogP contribution is 2.17. The number of hydrogen-bond acceptors (Lipinski definition) is 2. The van der Waals surface area contributed by atoms with Crippen molar-refractivity contribution in [1.82, 2.24) is 0 Å². The summed E-state index contributed by atoms with van der Waals surface area (Å²) in [6, 6.07) is 10.8. The van der Waals surface area contributed by atoms with Crippen LogP contribution in [-0.4, -0.2) is 11.0 Å². The number of benzene rings is 2. The van der Waals surface area contributed by atoms with Crippen molar-refractivity contribution >= 4 is 11.6 Å². The van der Waals surface area contributed by atoms with Crippen LogP contribution in [0.25, 0.3) is 0 Å². The number of carbonyl (C=O) groups excluding carboxylic acids is 1. The van der Waals surface area contributed by atoms with Gasteiger partial charge in [0, 0.05) is 11.3 Å².